The molecule has 0 bridgehead atoms. The second kappa shape index (κ2) is 3.57. The Bertz CT molecular complexity index is 511. The average Bonchev–Trinajstić information content (AvgIpc) is 2.54. The minimum atomic E-state index is -0.720. The summed E-state index contributed by atoms with van der Waals surface area (Å²) in [6.45, 7) is 5.37. The van der Waals surface area contributed by atoms with Gasteiger partial charge in [-0.25, -0.2) is 4.98 Å². The number of benzene rings is 1. The summed E-state index contributed by atoms with van der Waals surface area (Å²) in [7, 11) is 0. The Morgan fingerprint density at radius 3 is 2.75 bits per heavy atom. The van der Waals surface area contributed by atoms with Gasteiger partial charge in [0.25, 0.3) is 0 Å². The first kappa shape index (κ1) is 11.1. The standard InChI is InChI=1S/C12H16N2O2/c1-7-14-9-5-4-8(6-10(9)16-7)11(15)12(2,3)13/h4-6,11,15H,13H2,1-3H3. The summed E-state index contributed by atoms with van der Waals surface area (Å²) in [4.78, 5) is 4.20. The summed E-state index contributed by atoms with van der Waals surface area (Å²) < 4.78 is 5.41. The molecule has 4 heteroatoms. The summed E-state index contributed by atoms with van der Waals surface area (Å²) in [6, 6.07) is 5.44. The number of aryl methyl sites for hydroxylation is 1. The van der Waals surface area contributed by atoms with E-state index in [1.165, 1.54) is 0 Å². The van der Waals surface area contributed by atoms with Gasteiger partial charge < -0.3 is 15.3 Å². The monoisotopic (exact) mass is 220 g/mol. The average molecular weight is 220 g/mol. The first-order valence-electron chi connectivity index (χ1n) is 5.22. The number of rotatable bonds is 2. The molecule has 0 fully saturated rings. The number of nitrogens with zero attached hydrogens (tertiary/aromatic N) is 1. The number of aliphatic hydroxyl groups excluding tert-OH is 1. The maximum Gasteiger partial charge on any atom is 0.192 e. The van der Waals surface area contributed by atoms with Crippen LogP contribution in [0.15, 0.2) is 22.6 Å². The summed E-state index contributed by atoms with van der Waals surface area (Å²) >= 11 is 0. The first-order chi connectivity index (χ1) is 7.38. The van der Waals surface area contributed by atoms with Crippen molar-refractivity contribution in [2.45, 2.75) is 32.4 Å². The number of oxazole rings is 1. The van der Waals surface area contributed by atoms with Gasteiger partial charge in [-0.3, -0.25) is 0 Å². The molecule has 0 amide bonds. The molecule has 0 saturated heterocycles. The van der Waals surface area contributed by atoms with Gasteiger partial charge in [-0.2, -0.15) is 0 Å². The molecule has 1 atom stereocenters. The van der Waals surface area contributed by atoms with Crippen molar-refractivity contribution in [2.75, 3.05) is 0 Å². The predicted molar refractivity (Wildman–Crippen MR) is 62.0 cm³/mol. The van der Waals surface area contributed by atoms with E-state index in [0.717, 1.165) is 11.1 Å². The van der Waals surface area contributed by atoms with Crippen LogP contribution in [0.2, 0.25) is 0 Å². The van der Waals surface area contributed by atoms with Crippen molar-refractivity contribution in [3.8, 4) is 0 Å². The summed E-state index contributed by atoms with van der Waals surface area (Å²) in [5, 5.41) is 10.0. The van der Waals surface area contributed by atoms with Crippen LogP contribution < -0.4 is 5.73 Å². The normalized spacial score (nSPS) is 14.3. The van der Waals surface area contributed by atoms with Gasteiger partial charge in [-0.15, -0.1) is 0 Å². The van der Waals surface area contributed by atoms with Crippen LogP contribution in [0.1, 0.15) is 31.4 Å². The quantitative estimate of drug-likeness (QED) is 0.810. The molecule has 2 aromatic rings. The molecule has 0 radical (unpaired) electrons. The van der Waals surface area contributed by atoms with Crippen molar-refractivity contribution in [3.05, 3.63) is 29.7 Å². The van der Waals surface area contributed by atoms with Crippen LogP contribution in [-0.2, 0) is 0 Å². The van der Waals surface area contributed by atoms with Gasteiger partial charge in [0, 0.05) is 12.5 Å². The van der Waals surface area contributed by atoms with E-state index in [-0.39, 0.29) is 0 Å². The second-order valence-electron chi connectivity index (χ2n) is 4.68. The first-order valence-corrected chi connectivity index (χ1v) is 5.22. The predicted octanol–water partition coefficient (Wildman–Crippen LogP) is 1.91. The molecular formula is C12H16N2O2. The minimum absolute atomic E-state index is 0.619. The smallest absolute Gasteiger partial charge is 0.192 e. The molecule has 3 N–H and O–H groups in total. The highest BCUT2D eigenvalue weighted by Gasteiger charge is 2.24. The Morgan fingerprint density at radius 2 is 2.12 bits per heavy atom. The maximum absolute atomic E-state index is 10.0. The third-order valence-electron chi connectivity index (χ3n) is 2.54. The molecule has 0 spiro atoms. The molecule has 86 valence electrons. The highest BCUT2D eigenvalue weighted by Crippen LogP contribution is 2.26. The van der Waals surface area contributed by atoms with Crippen LogP contribution in [0.3, 0.4) is 0 Å². The lowest BCUT2D eigenvalue weighted by atomic mass is 9.92. The summed E-state index contributed by atoms with van der Waals surface area (Å²) in [5.74, 6) is 0.619. The number of fused-ring (bicyclic) bond motifs is 1. The van der Waals surface area contributed by atoms with E-state index < -0.39 is 11.6 Å². The van der Waals surface area contributed by atoms with E-state index in [2.05, 4.69) is 4.98 Å². The number of nitrogens with two attached hydrogens (primary N) is 1. The van der Waals surface area contributed by atoms with Gasteiger partial charge in [-0.1, -0.05) is 6.07 Å². The van der Waals surface area contributed by atoms with Gasteiger partial charge in [0.05, 0.1) is 6.10 Å². The second-order valence-corrected chi connectivity index (χ2v) is 4.68. The third-order valence-corrected chi connectivity index (χ3v) is 2.54. The zero-order chi connectivity index (χ0) is 11.9. The molecule has 1 aromatic carbocycles. The largest absolute Gasteiger partial charge is 0.441 e. The van der Waals surface area contributed by atoms with Gasteiger partial charge in [0.2, 0.25) is 0 Å². The molecular weight excluding hydrogens is 204 g/mol. The molecule has 0 aliphatic rings. The fraction of sp³-hybridized carbons (Fsp3) is 0.417. The van der Waals surface area contributed by atoms with Gasteiger partial charge in [0.15, 0.2) is 11.5 Å². The lowest BCUT2D eigenvalue weighted by Crippen LogP contribution is -2.39. The summed E-state index contributed by atoms with van der Waals surface area (Å²) in [5.41, 5.74) is 7.41. The Kier molecular flexibility index (Phi) is 2.48. The van der Waals surface area contributed by atoms with Crippen molar-refractivity contribution in [1.82, 2.24) is 4.98 Å². The topological polar surface area (TPSA) is 72.3 Å². The fourth-order valence-corrected chi connectivity index (χ4v) is 1.66. The highest BCUT2D eigenvalue weighted by molar-refractivity contribution is 5.73. The molecule has 16 heavy (non-hydrogen) atoms. The van der Waals surface area contributed by atoms with E-state index in [4.69, 9.17) is 10.2 Å². The number of aliphatic hydroxyl groups is 1. The van der Waals surface area contributed by atoms with Crippen LogP contribution in [0.25, 0.3) is 11.1 Å². The van der Waals surface area contributed by atoms with E-state index in [0.29, 0.717) is 11.5 Å². The van der Waals surface area contributed by atoms with E-state index in [1.807, 2.05) is 12.1 Å². The maximum atomic E-state index is 10.0. The van der Waals surface area contributed by atoms with E-state index in [1.54, 1.807) is 26.8 Å². The number of hydrogen-bond donors (Lipinski definition) is 2. The molecule has 2 rings (SSSR count). The minimum Gasteiger partial charge on any atom is -0.441 e. The van der Waals surface area contributed by atoms with Crippen LogP contribution in [0, 0.1) is 6.92 Å². The highest BCUT2D eigenvalue weighted by atomic mass is 16.3. The summed E-state index contributed by atoms with van der Waals surface area (Å²) in [6.07, 6.45) is -0.720. The Morgan fingerprint density at radius 1 is 1.44 bits per heavy atom. The molecule has 4 nitrogen and oxygen atoms in total. The fourth-order valence-electron chi connectivity index (χ4n) is 1.66. The lowest BCUT2D eigenvalue weighted by Gasteiger charge is -2.25. The Hall–Kier alpha value is -1.39. The van der Waals surface area contributed by atoms with Crippen molar-refractivity contribution >= 4 is 11.1 Å². The van der Waals surface area contributed by atoms with Crippen LogP contribution in [-0.4, -0.2) is 15.6 Å². The van der Waals surface area contributed by atoms with Crippen LogP contribution >= 0.6 is 0 Å². The van der Waals surface area contributed by atoms with Gasteiger partial charge in [0.1, 0.15) is 5.52 Å². The molecule has 1 heterocycles. The molecule has 1 aromatic heterocycles. The van der Waals surface area contributed by atoms with Crippen molar-refractivity contribution < 1.29 is 9.52 Å². The van der Waals surface area contributed by atoms with Crippen molar-refractivity contribution in [2.24, 2.45) is 5.73 Å². The van der Waals surface area contributed by atoms with Crippen molar-refractivity contribution in [1.29, 1.82) is 0 Å². The Labute approximate surface area is 94.1 Å². The van der Waals surface area contributed by atoms with Crippen LogP contribution in [0.5, 0.6) is 0 Å². The Balaban J connectivity index is 2.46. The van der Waals surface area contributed by atoms with Crippen LogP contribution in [0.4, 0.5) is 0 Å². The number of aromatic nitrogens is 1. The van der Waals surface area contributed by atoms with E-state index >= 15 is 0 Å². The molecule has 0 aliphatic heterocycles. The molecule has 0 saturated carbocycles. The zero-order valence-corrected chi connectivity index (χ0v) is 9.69. The third kappa shape index (κ3) is 1.94. The van der Waals surface area contributed by atoms with E-state index in [9.17, 15) is 5.11 Å². The molecule has 0 aliphatic carbocycles. The molecule has 1 unspecified atom stereocenters. The van der Waals surface area contributed by atoms with Crippen molar-refractivity contribution in [3.63, 3.8) is 0 Å². The van der Waals surface area contributed by atoms with Gasteiger partial charge >= 0.3 is 0 Å². The lowest BCUT2D eigenvalue weighted by molar-refractivity contribution is 0.105. The zero-order valence-electron chi connectivity index (χ0n) is 9.69. The SMILES string of the molecule is Cc1nc2ccc(C(O)C(C)(C)N)cc2o1. The van der Waals surface area contributed by atoms with Gasteiger partial charge in [-0.05, 0) is 31.5 Å². The number of hydrogen-bond acceptors (Lipinski definition) is 4.